The Morgan fingerprint density at radius 2 is 0.688 bits per heavy atom. The molecule has 0 aromatic carbocycles. The van der Waals surface area contributed by atoms with Gasteiger partial charge in [-0.05, 0) is 18.5 Å². The molecule has 0 saturated heterocycles. The largest absolute Gasteiger partial charge is 0.316 e. The third-order valence-corrected chi connectivity index (χ3v) is 7.19. The molecule has 0 aliphatic heterocycles. The van der Waals surface area contributed by atoms with Crippen molar-refractivity contribution >= 4 is 31.0 Å². The van der Waals surface area contributed by atoms with E-state index in [0.717, 1.165) is 0 Å². The highest BCUT2D eigenvalue weighted by atomic mass is 31.1. The first-order valence-corrected chi connectivity index (χ1v) is 10.5. The van der Waals surface area contributed by atoms with Gasteiger partial charge in [-0.1, -0.05) is 0 Å². The second-order valence-electron chi connectivity index (χ2n) is 3.01. The molecule has 10 heteroatoms. The Kier molecular flexibility index (Phi) is 9.26. The molecule has 0 saturated carbocycles. The molecule has 0 aliphatic rings. The number of hydrogen-bond donors (Lipinski definition) is 0. The molecule has 0 N–H and O–H groups in total. The third-order valence-electron chi connectivity index (χ3n) is 1.80. The quantitative estimate of drug-likeness (QED) is 0.607. The molecule has 0 fully saturated rings. The second-order valence-corrected chi connectivity index (χ2v) is 9.03. The van der Waals surface area contributed by atoms with Crippen LogP contribution in [0.15, 0.2) is 0 Å². The van der Waals surface area contributed by atoms with Gasteiger partial charge in [0.15, 0.2) is 0 Å². The highest BCUT2D eigenvalue weighted by molar-refractivity contribution is 7.59. The Morgan fingerprint density at radius 1 is 0.438 bits per heavy atom. The van der Waals surface area contributed by atoms with Gasteiger partial charge < -0.3 is 0 Å². The fourth-order valence-electron chi connectivity index (χ4n) is 1.00. The average molecular weight is 304 g/mol. The molecule has 0 aromatic rings. The van der Waals surface area contributed by atoms with Crippen LogP contribution in [0, 0.1) is 0 Å². The molecule has 0 bridgehead atoms. The van der Waals surface area contributed by atoms with Gasteiger partial charge in [-0.3, -0.25) is 0 Å². The van der Waals surface area contributed by atoms with E-state index in [1.165, 1.54) is 0 Å². The normalized spacial score (nSPS) is 10.3. The number of hydrogen-bond acceptors (Lipinski definition) is 6. The summed E-state index contributed by atoms with van der Waals surface area (Å²) in [4.78, 5) is 0. The minimum absolute atomic E-state index is 0.00627. The van der Waals surface area contributed by atoms with Crippen LogP contribution in [-0.2, 0) is 27.4 Å². The summed E-state index contributed by atoms with van der Waals surface area (Å²) in [5.41, 5.74) is 0. The van der Waals surface area contributed by atoms with Gasteiger partial charge in [0, 0.05) is 0 Å². The predicted molar refractivity (Wildman–Crippen MR) is 61.0 cm³/mol. The molecule has 0 aromatic heterocycles. The van der Waals surface area contributed by atoms with Crippen molar-refractivity contribution in [2.75, 3.05) is 37.0 Å². The molecule has 0 unspecified atom stereocenters. The Morgan fingerprint density at radius 3 is 0.875 bits per heavy atom. The van der Waals surface area contributed by atoms with Gasteiger partial charge in [-0.15, -0.1) is 7.92 Å². The zero-order valence-corrected chi connectivity index (χ0v) is 12.1. The molecule has 0 amide bonds. The molecule has 0 heterocycles. The summed E-state index contributed by atoms with van der Waals surface area (Å²) in [6.45, 7) is 0. The molecule has 92 valence electrons. The molecule has 16 heavy (non-hydrogen) atoms. The molecular formula is C6H12O6P4. The first kappa shape index (κ1) is 16.1. The van der Waals surface area contributed by atoms with Crippen molar-refractivity contribution in [2.45, 2.75) is 0 Å². The Bertz CT molecular complexity index is 321. The number of rotatable bonds is 9. The fourth-order valence-corrected chi connectivity index (χ4v) is 7.03. The van der Waals surface area contributed by atoms with Gasteiger partial charge in [0.05, 0.1) is 18.5 Å². The maximum Gasteiger partial charge on any atom is 0.316 e. The fraction of sp³-hybridized carbons (Fsp3) is 1.00. The monoisotopic (exact) mass is 304 g/mol. The maximum atomic E-state index is 10.4. The minimum Gasteiger partial charge on any atom is -0.237 e. The molecule has 0 rings (SSSR count). The zero-order valence-electron chi connectivity index (χ0n) is 8.48. The molecule has 6 nitrogen and oxygen atoms in total. The van der Waals surface area contributed by atoms with Crippen LogP contribution in [0.4, 0.5) is 0 Å². The van der Waals surface area contributed by atoms with Crippen LogP contribution in [-0.4, -0.2) is 37.0 Å². The molecular weight excluding hydrogens is 292 g/mol. The van der Waals surface area contributed by atoms with E-state index in [2.05, 4.69) is 0 Å². The van der Waals surface area contributed by atoms with E-state index >= 15 is 0 Å². The van der Waals surface area contributed by atoms with E-state index < -0.39 is 31.0 Å². The van der Waals surface area contributed by atoms with Crippen molar-refractivity contribution in [3.63, 3.8) is 0 Å². The van der Waals surface area contributed by atoms with Crippen molar-refractivity contribution in [1.82, 2.24) is 0 Å². The first-order valence-electron chi connectivity index (χ1n) is 4.49. The van der Waals surface area contributed by atoms with Gasteiger partial charge >= 0.3 is 23.0 Å². The van der Waals surface area contributed by atoms with Crippen molar-refractivity contribution < 1.29 is 27.4 Å². The Hall–Kier alpha value is 0.130. The van der Waals surface area contributed by atoms with E-state index in [1.54, 1.807) is 0 Å². The second kappa shape index (κ2) is 9.19. The van der Waals surface area contributed by atoms with Crippen LogP contribution in [0.1, 0.15) is 0 Å². The minimum atomic E-state index is -2.47. The lowest BCUT2D eigenvalue weighted by Gasteiger charge is -2.11. The topological polar surface area (TPSA) is 102 Å². The summed E-state index contributed by atoms with van der Waals surface area (Å²) in [6, 6.07) is 0. The smallest absolute Gasteiger partial charge is 0.237 e. The highest BCUT2D eigenvalue weighted by Crippen LogP contribution is 2.38. The van der Waals surface area contributed by atoms with Gasteiger partial charge in [0.1, 0.15) is 0 Å². The first-order chi connectivity index (χ1) is 7.41. The summed E-state index contributed by atoms with van der Waals surface area (Å²) >= 11 is 0. The van der Waals surface area contributed by atoms with Gasteiger partial charge in [-0.25, -0.2) is 27.4 Å². The Balaban J connectivity index is 4.13. The predicted octanol–water partition coefficient (Wildman–Crippen LogP) is 2.99. The zero-order chi connectivity index (χ0) is 12.6. The van der Waals surface area contributed by atoms with E-state index in [0.29, 0.717) is 18.5 Å². The molecule has 0 aliphatic carbocycles. The van der Waals surface area contributed by atoms with Crippen molar-refractivity contribution in [3.05, 3.63) is 0 Å². The maximum absolute atomic E-state index is 10.4. The molecule has 0 spiro atoms. The SMILES string of the molecule is O=P(=O)CCP(CCP(=O)=O)CCP(=O)=O. The highest BCUT2D eigenvalue weighted by Gasteiger charge is 2.11. The van der Waals surface area contributed by atoms with Crippen molar-refractivity contribution in [3.8, 4) is 0 Å². The van der Waals surface area contributed by atoms with Gasteiger partial charge in [0.2, 0.25) is 0 Å². The van der Waals surface area contributed by atoms with Crippen LogP contribution >= 0.6 is 31.0 Å². The van der Waals surface area contributed by atoms with Crippen LogP contribution in [0.5, 0.6) is 0 Å². The van der Waals surface area contributed by atoms with Crippen LogP contribution in [0.25, 0.3) is 0 Å². The average Bonchev–Trinajstić information content (AvgIpc) is 2.15. The molecule has 0 radical (unpaired) electrons. The van der Waals surface area contributed by atoms with E-state index in [-0.39, 0.29) is 18.5 Å². The van der Waals surface area contributed by atoms with E-state index in [9.17, 15) is 27.4 Å². The summed E-state index contributed by atoms with van der Waals surface area (Å²) in [5.74, 6) is 0. The third kappa shape index (κ3) is 10.6. The van der Waals surface area contributed by atoms with Crippen LogP contribution in [0.2, 0.25) is 0 Å². The van der Waals surface area contributed by atoms with Crippen LogP contribution in [0.3, 0.4) is 0 Å². The van der Waals surface area contributed by atoms with E-state index in [1.807, 2.05) is 0 Å². The standard InChI is InChI=1S/C6H12O6P4/c7-14(8)4-1-13(2-5-15(9)10)3-6-16(11)12/h1-6H2. The van der Waals surface area contributed by atoms with Crippen molar-refractivity contribution in [1.29, 1.82) is 0 Å². The lowest BCUT2D eigenvalue weighted by molar-refractivity contribution is 0.515. The Labute approximate surface area is 95.8 Å². The summed E-state index contributed by atoms with van der Waals surface area (Å²) < 4.78 is 62.3. The lowest BCUT2D eigenvalue weighted by atomic mass is 10.9. The molecule has 0 atom stereocenters. The summed E-state index contributed by atoms with van der Waals surface area (Å²) in [7, 11) is -8.22. The van der Waals surface area contributed by atoms with Crippen molar-refractivity contribution in [2.24, 2.45) is 0 Å². The summed E-state index contributed by atoms with van der Waals surface area (Å²) in [6.07, 6.45) is 1.19. The van der Waals surface area contributed by atoms with E-state index in [4.69, 9.17) is 0 Å². The van der Waals surface area contributed by atoms with Gasteiger partial charge in [0.25, 0.3) is 0 Å². The summed E-state index contributed by atoms with van der Waals surface area (Å²) in [5, 5.41) is 0. The van der Waals surface area contributed by atoms with Crippen LogP contribution < -0.4 is 0 Å². The lowest BCUT2D eigenvalue weighted by Crippen LogP contribution is -1.99. The van der Waals surface area contributed by atoms with Gasteiger partial charge in [-0.2, -0.15) is 0 Å².